The van der Waals surface area contributed by atoms with E-state index in [0.717, 1.165) is 0 Å². The van der Waals surface area contributed by atoms with Crippen LogP contribution in [0, 0.1) is 5.82 Å². The van der Waals surface area contributed by atoms with Crippen molar-refractivity contribution in [3.63, 3.8) is 0 Å². The summed E-state index contributed by atoms with van der Waals surface area (Å²) in [5.41, 5.74) is 5.80. The summed E-state index contributed by atoms with van der Waals surface area (Å²) in [6.07, 6.45) is 0.182. The van der Waals surface area contributed by atoms with Crippen LogP contribution in [-0.4, -0.2) is 15.0 Å². The second kappa shape index (κ2) is 5.32. The van der Waals surface area contributed by atoms with Crippen LogP contribution < -0.4 is 5.73 Å². The Bertz CT molecular complexity index is 617. The highest BCUT2D eigenvalue weighted by Crippen LogP contribution is 2.23. The lowest BCUT2D eigenvalue weighted by molar-refractivity contribution is 0.537. The minimum Gasteiger partial charge on any atom is -0.368 e. The predicted molar refractivity (Wildman–Crippen MR) is 77.2 cm³/mol. The Balaban J connectivity index is 2.42. The van der Waals surface area contributed by atoms with Crippen molar-refractivity contribution in [1.29, 1.82) is 0 Å². The van der Waals surface area contributed by atoms with Gasteiger partial charge in [-0.2, -0.15) is 9.97 Å². The molecule has 1 heterocycles. The van der Waals surface area contributed by atoms with Gasteiger partial charge in [0.15, 0.2) is 0 Å². The number of nitrogen functional groups attached to an aromatic ring is 1. The topological polar surface area (TPSA) is 64.7 Å². The summed E-state index contributed by atoms with van der Waals surface area (Å²) >= 11 is 6.01. The minimum atomic E-state index is -0.381. The van der Waals surface area contributed by atoms with E-state index < -0.39 is 0 Å². The maximum atomic E-state index is 13.8. The summed E-state index contributed by atoms with van der Waals surface area (Å²) < 4.78 is 13.8. The number of halogens is 2. The Labute approximate surface area is 122 Å². The van der Waals surface area contributed by atoms with Gasteiger partial charge in [0.25, 0.3) is 0 Å². The van der Waals surface area contributed by atoms with Crippen molar-refractivity contribution >= 4 is 17.5 Å². The maximum absolute atomic E-state index is 13.8. The highest BCUT2D eigenvalue weighted by Gasteiger charge is 2.20. The molecule has 0 saturated carbocycles. The molecule has 1 aromatic carbocycles. The van der Waals surface area contributed by atoms with Crippen LogP contribution in [0.5, 0.6) is 0 Å². The molecule has 4 nitrogen and oxygen atoms in total. The highest BCUT2D eigenvalue weighted by atomic mass is 35.5. The quantitative estimate of drug-likeness (QED) is 0.924. The Morgan fingerprint density at radius 2 is 1.90 bits per heavy atom. The van der Waals surface area contributed by atoms with Gasteiger partial charge >= 0.3 is 0 Å². The minimum absolute atomic E-state index is 0.132. The van der Waals surface area contributed by atoms with Crippen molar-refractivity contribution in [3.05, 3.63) is 46.3 Å². The molecule has 1 aromatic heterocycles. The molecule has 20 heavy (non-hydrogen) atoms. The summed E-state index contributed by atoms with van der Waals surface area (Å²) in [6, 6.07) is 4.55. The van der Waals surface area contributed by atoms with E-state index in [1.807, 2.05) is 20.8 Å². The first kappa shape index (κ1) is 14.7. The number of aromatic nitrogens is 3. The lowest BCUT2D eigenvalue weighted by Gasteiger charge is -2.17. The first-order valence-corrected chi connectivity index (χ1v) is 6.59. The molecule has 2 N–H and O–H groups in total. The van der Waals surface area contributed by atoms with E-state index >= 15 is 0 Å². The summed E-state index contributed by atoms with van der Waals surface area (Å²) in [7, 11) is 0. The zero-order valence-corrected chi connectivity index (χ0v) is 12.4. The van der Waals surface area contributed by atoms with Gasteiger partial charge in [-0.25, -0.2) is 9.37 Å². The van der Waals surface area contributed by atoms with Gasteiger partial charge in [0.05, 0.1) is 0 Å². The third-order valence-corrected chi connectivity index (χ3v) is 3.12. The van der Waals surface area contributed by atoms with Crippen LogP contribution in [0.2, 0.25) is 5.02 Å². The van der Waals surface area contributed by atoms with E-state index in [1.165, 1.54) is 6.07 Å². The van der Waals surface area contributed by atoms with E-state index in [2.05, 4.69) is 15.0 Å². The number of hydrogen-bond donors (Lipinski definition) is 1. The first-order chi connectivity index (χ1) is 9.27. The number of rotatable bonds is 2. The molecular weight excluding hydrogens is 279 g/mol. The van der Waals surface area contributed by atoms with Crippen LogP contribution in [0.25, 0.3) is 0 Å². The van der Waals surface area contributed by atoms with Gasteiger partial charge in [-0.1, -0.05) is 38.4 Å². The van der Waals surface area contributed by atoms with E-state index in [1.54, 1.807) is 12.1 Å². The van der Waals surface area contributed by atoms with E-state index in [9.17, 15) is 4.39 Å². The largest absolute Gasteiger partial charge is 0.368 e. The average molecular weight is 295 g/mol. The second-order valence-corrected chi connectivity index (χ2v) is 5.97. The molecule has 2 aromatic rings. The molecule has 0 aliphatic rings. The Morgan fingerprint density at radius 1 is 1.20 bits per heavy atom. The van der Waals surface area contributed by atoms with Crippen LogP contribution in [0.3, 0.4) is 0 Å². The Morgan fingerprint density at radius 3 is 2.50 bits per heavy atom. The molecule has 0 radical (unpaired) electrons. The number of benzene rings is 1. The monoisotopic (exact) mass is 294 g/mol. The van der Waals surface area contributed by atoms with Crippen LogP contribution in [-0.2, 0) is 11.8 Å². The molecule has 106 valence electrons. The second-order valence-electron chi connectivity index (χ2n) is 5.56. The smallest absolute Gasteiger partial charge is 0.223 e. The summed E-state index contributed by atoms with van der Waals surface area (Å²) in [4.78, 5) is 12.5. The zero-order valence-electron chi connectivity index (χ0n) is 11.6. The van der Waals surface area contributed by atoms with Crippen molar-refractivity contribution in [2.45, 2.75) is 32.6 Å². The fraction of sp³-hybridized carbons (Fsp3) is 0.357. The maximum Gasteiger partial charge on any atom is 0.223 e. The summed E-state index contributed by atoms with van der Waals surface area (Å²) in [5.74, 6) is 0.739. The average Bonchev–Trinajstić information content (AvgIpc) is 2.32. The molecule has 0 saturated heterocycles. The third-order valence-electron chi connectivity index (χ3n) is 2.77. The van der Waals surface area contributed by atoms with E-state index in [4.69, 9.17) is 17.3 Å². The van der Waals surface area contributed by atoms with Gasteiger partial charge in [0.2, 0.25) is 5.95 Å². The zero-order chi connectivity index (χ0) is 14.9. The Hall–Kier alpha value is -1.75. The standard InChI is InChI=1S/C14H16ClFN4/c1-14(2,3)12-18-11(19-13(17)20-12)7-8-9(15)5-4-6-10(8)16/h4-6H,7H2,1-3H3,(H2,17,18,19,20). The molecule has 0 fully saturated rings. The fourth-order valence-electron chi connectivity index (χ4n) is 1.71. The number of nitrogens with two attached hydrogens (primary N) is 1. The van der Waals surface area contributed by atoms with Gasteiger partial charge < -0.3 is 5.73 Å². The normalized spacial score (nSPS) is 11.7. The van der Waals surface area contributed by atoms with Crippen LogP contribution in [0.4, 0.5) is 10.3 Å². The molecule has 0 bridgehead atoms. The van der Waals surface area contributed by atoms with Crippen LogP contribution >= 0.6 is 11.6 Å². The molecule has 2 rings (SSSR count). The molecular formula is C14H16ClFN4. The molecule has 6 heteroatoms. The van der Waals surface area contributed by atoms with Crippen molar-refractivity contribution in [2.75, 3.05) is 5.73 Å². The summed E-state index contributed by atoms with van der Waals surface area (Å²) in [5, 5.41) is 0.348. The van der Waals surface area contributed by atoms with Gasteiger partial charge in [-0.15, -0.1) is 0 Å². The molecule has 0 spiro atoms. The first-order valence-electron chi connectivity index (χ1n) is 6.21. The predicted octanol–water partition coefficient (Wildman–Crippen LogP) is 3.13. The number of anilines is 1. The third kappa shape index (κ3) is 3.22. The van der Waals surface area contributed by atoms with Gasteiger partial charge in [-0.05, 0) is 12.1 Å². The lowest BCUT2D eigenvalue weighted by atomic mass is 9.96. The molecule has 0 aliphatic heterocycles. The van der Waals surface area contributed by atoms with Crippen molar-refractivity contribution in [2.24, 2.45) is 0 Å². The summed E-state index contributed by atoms with van der Waals surface area (Å²) in [6.45, 7) is 5.92. The SMILES string of the molecule is CC(C)(C)c1nc(N)nc(Cc2c(F)cccc2Cl)n1. The van der Waals surface area contributed by atoms with Crippen molar-refractivity contribution in [1.82, 2.24) is 15.0 Å². The number of hydrogen-bond acceptors (Lipinski definition) is 4. The molecule has 0 amide bonds. The van der Waals surface area contributed by atoms with Crippen LogP contribution in [0.15, 0.2) is 18.2 Å². The van der Waals surface area contributed by atoms with E-state index in [0.29, 0.717) is 22.2 Å². The van der Waals surface area contributed by atoms with Crippen LogP contribution in [0.1, 0.15) is 38.0 Å². The molecule has 0 aliphatic carbocycles. The van der Waals surface area contributed by atoms with Gasteiger partial charge in [-0.3, -0.25) is 0 Å². The van der Waals surface area contributed by atoms with Crippen molar-refractivity contribution in [3.8, 4) is 0 Å². The van der Waals surface area contributed by atoms with Crippen molar-refractivity contribution < 1.29 is 4.39 Å². The van der Waals surface area contributed by atoms with Gasteiger partial charge in [0.1, 0.15) is 17.5 Å². The Kier molecular flexibility index (Phi) is 3.90. The molecule has 0 unspecified atom stereocenters. The van der Waals surface area contributed by atoms with E-state index in [-0.39, 0.29) is 23.6 Å². The molecule has 0 atom stereocenters. The number of nitrogens with zero attached hydrogens (tertiary/aromatic N) is 3. The fourth-order valence-corrected chi connectivity index (χ4v) is 1.94. The lowest BCUT2D eigenvalue weighted by Crippen LogP contribution is -2.19. The van der Waals surface area contributed by atoms with Gasteiger partial charge in [0, 0.05) is 22.4 Å². The highest BCUT2D eigenvalue weighted by molar-refractivity contribution is 6.31.